The van der Waals surface area contributed by atoms with Gasteiger partial charge in [-0.15, -0.1) is 23.5 Å². The van der Waals surface area contributed by atoms with Crippen molar-refractivity contribution in [2.24, 2.45) is 10.9 Å². The molecule has 0 atom stereocenters. The summed E-state index contributed by atoms with van der Waals surface area (Å²) in [5.74, 6) is 0.852. The van der Waals surface area contributed by atoms with Crippen LogP contribution in [0, 0.1) is 0 Å². The third-order valence-corrected chi connectivity index (χ3v) is 5.17. The maximum atomic E-state index is 8.99. The molecule has 0 fully saturated rings. The molecule has 0 saturated heterocycles. The number of halogens is 1. The fraction of sp³-hybridized carbons (Fsp3) is 0.133. The van der Waals surface area contributed by atoms with Crippen LogP contribution in [0.2, 0.25) is 5.02 Å². The molecule has 0 spiro atoms. The lowest BCUT2D eigenvalue weighted by atomic mass is 10.2. The Morgan fingerprint density at radius 2 is 1.90 bits per heavy atom. The van der Waals surface area contributed by atoms with E-state index in [-0.39, 0.29) is 5.84 Å². The molecule has 0 aromatic heterocycles. The zero-order chi connectivity index (χ0) is 15.2. The Balaban J connectivity index is 2.30. The summed E-state index contributed by atoms with van der Waals surface area (Å²) in [4.78, 5) is 1.95. The van der Waals surface area contributed by atoms with Crippen molar-refractivity contribution in [1.82, 2.24) is 0 Å². The van der Waals surface area contributed by atoms with Gasteiger partial charge >= 0.3 is 0 Å². The van der Waals surface area contributed by atoms with Crippen molar-refractivity contribution in [3.63, 3.8) is 0 Å². The molecule has 3 nitrogen and oxygen atoms in total. The Kier molecular flexibility index (Phi) is 5.85. The SMILES string of the molecule is CSc1cccc(SCc2ccccc2Cl)c1/C(N)=N/O. The minimum Gasteiger partial charge on any atom is -0.409 e. The molecule has 21 heavy (non-hydrogen) atoms. The molecule has 2 aromatic carbocycles. The lowest BCUT2D eigenvalue weighted by Crippen LogP contribution is -2.15. The predicted octanol–water partition coefficient (Wildman–Crippen LogP) is 4.45. The normalized spacial score (nSPS) is 11.6. The van der Waals surface area contributed by atoms with Gasteiger partial charge in [-0.25, -0.2) is 0 Å². The first kappa shape index (κ1) is 16.1. The zero-order valence-corrected chi connectivity index (χ0v) is 13.8. The van der Waals surface area contributed by atoms with Gasteiger partial charge in [0.25, 0.3) is 0 Å². The summed E-state index contributed by atoms with van der Waals surface area (Å²) in [5, 5.41) is 12.9. The molecule has 0 aliphatic carbocycles. The molecule has 0 aliphatic rings. The number of thioether (sulfide) groups is 2. The summed E-state index contributed by atoms with van der Waals surface area (Å²) in [6, 6.07) is 13.6. The number of hydrogen-bond acceptors (Lipinski definition) is 4. The van der Waals surface area contributed by atoms with Crippen molar-refractivity contribution in [1.29, 1.82) is 0 Å². The molecule has 2 aromatic rings. The first-order chi connectivity index (χ1) is 10.2. The molecular formula is C15H15ClN2OS2. The van der Waals surface area contributed by atoms with Crippen molar-refractivity contribution >= 4 is 41.0 Å². The second-order valence-corrected chi connectivity index (χ2v) is 6.47. The van der Waals surface area contributed by atoms with E-state index in [9.17, 15) is 0 Å². The Labute approximate surface area is 137 Å². The molecule has 0 heterocycles. The number of nitrogens with two attached hydrogens (primary N) is 1. The fourth-order valence-corrected chi connectivity index (χ4v) is 3.95. The van der Waals surface area contributed by atoms with E-state index in [1.54, 1.807) is 23.5 Å². The lowest BCUT2D eigenvalue weighted by molar-refractivity contribution is 0.318. The van der Waals surface area contributed by atoms with Gasteiger partial charge in [0.2, 0.25) is 0 Å². The number of benzene rings is 2. The van der Waals surface area contributed by atoms with Crippen molar-refractivity contribution in [2.75, 3.05) is 6.26 Å². The van der Waals surface area contributed by atoms with Gasteiger partial charge in [0.1, 0.15) is 0 Å². The van der Waals surface area contributed by atoms with Gasteiger partial charge in [0.15, 0.2) is 5.84 Å². The molecule has 2 rings (SSSR count). The second-order valence-electron chi connectivity index (χ2n) is 4.20. The summed E-state index contributed by atoms with van der Waals surface area (Å²) in [7, 11) is 0. The number of nitrogens with zero attached hydrogens (tertiary/aromatic N) is 1. The molecule has 0 unspecified atom stereocenters. The van der Waals surface area contributed by atoms with Gasteiger partial charge < -0.3 is 10.9 Å². The standard InChI is InChI=1S/C15H15ClN2OS2/c1-20-12-7-4-8-13(14(12)15(17)18-19)21-9-10-5-2-3-6-11(10)16/h2-8,19H,9H2,1H3,(H2,17,18). The largest absolute Gasteiger partial charge is 0.409 e. The van der Waals surface area contributed by atoms with Crippen LogP contribution in [0.5, 0.6) is 0 Å². The van der Waals surface area contributed by atoms with Crippen LogP contribution in [0.3, 0.4) is 0 Å². The maximum Gasteiger partial charge on any atom is 0.172 e. The number of hydrogen-bond donors (Lipinski definition) is 2. The lowest BCUT2D eigenvalue weighted by Gasteiger charge is -2.12. The first-order valence-corrected chi connectivity index (χ1v) is 8.77. The second kappa shape index (κ2) is 7.64. The number of rotatable bonds is 5. The van der Waals surface area contributed by atoms with Crippen LogP contribution < -0.4 is 5.73 Å². The van der Waals surface area contributed by atoms with Crippen molar-refractivity contribution < 1.29 is 5.21 Å². The third-order valence-electron chi connectivity index (χ3n) is 2.91. The summed E-state index contributed by atoms with van der Waals surface area (Å²) >= 11 is 9.36. The van der Waals surface area contributed by atoms with E-state index >= 15 is 0 Å². The van der Waals surface area contributed by atoms with E-state index in [2.05, 4.69) is 5.16 Å². The van der Waals surface area contributed by atoms with Crippen LogP contribution in [-0.2, 0) is 5.75 Å². The Morgan fingerprint density at radius 1 is 1.19 bits per heavy atom. The Bertz CT molecular complexity index is 662. The van der Waals surface area contributed by atoms with E-state index in [1.165, 1.54) is 0 Å². The topological polar surface area (TPSA) is 58.6 Å². The third kappa shape index (κ3) is 3.87. The molecule has 0 saturated carbocycles. The van der Waals surface area contributed by atoms with Crippen LogP contribution in [-0.4, -0.2) is 17.3 Å². The van der Waals surface area contributed by atoms with Gasteiger partial charge in [-0.1, -0.05) is 41.0 Å². The monoisotopic (exact) mass is 338 g/mol. The minimum absolute atomic E-state index is 0.126. The quantitative estimate of drug-likeness (QED) is 0.278. The highest BCUT2D eigenvalue weighted by atomic mass is 35.5. The van der Waals surface area contributed by atoms with Crippen LogP contribution in [0.25, 0.3) is 0 Å². The van der Waals surface area contributed by atoms with Crippen LogP contribution in [0.15, 0.2) is 57.4 Å². The van der Waals surface area contributed by atoms with Crippen molar-refractivity contribution in [3.05, 3.63) is 58.6 Å². The molecule has 6 heteroatoms. The van der Waals surface area contributed by atoms with E-state index in [0.717, 1.165) is 31.7 Å². The zero-order valence-electron chi connectivity index (χ0n) is 11.4. The van der Waals surface area contributed by atoms with Gasteiger partial charge in [-0.3, -0.25) is 0 Å². The van der Waals surface area contributed by atoms with Crippen molar-refractivity contribution in [2.45, 2.75) is 15.5 Å². The van der Waals surface area contributed by atoms with Gasteiger partial charge in [0, 0.05) is 26.1 Å². The fourth-order valence-electron chi connectivity index (χ4n) is 1.87. The smallest absolute Gasteiger partial charge is 0.172 e. The van der Waals surface area contributed by atoms with Gasteiger partial charge in [-0.2, -0.15) is 0 Å². The van der Waals surface area contributed by atoms with Crippen LogP contribution >= 0.6 is 35.1 Å². The van der Waals surface area contributed by atoms with Crippen molar-refractivity contribution in [3.8, 4) is 0 Å². The summed E-state index contributed by atoms with van der Waals surface area (Å²) < 4.78 is 0. The van der Waals surface area contributed by atoms with Gasteiger partial charge in [0.05, 0.1) is 0 Å². The molecule has 0 bridgehead atoms. The van der Waals surface area contributed by atoms with E-state index < -0.39 is 0 Å². The minimum atomic E-state index is 0.126. The van der Waals surface area contributed by atoms with E-state index in [1.807, 2.05) is 48.7 Å². The average Bonchev–Trinajstić information content (AvgIpc) is 2.53. The number of amidine groups is 1. The molecular weight excluding hydrogens is 324 g/mol. The Hall–Kier alpha value is -1.30. The van der Waals surface area contributed by atoms with Crippen LogP contribution in [0.4, 0.5) is 0 Å². The Morgan fingerprint density at radius 3 is 2.57 bits per heavy atom. The van der Waals surface area contributed by atoms with Gasteiger partial charge in [-0.05, 0) is 30.0 Å². The first-order valence-electron chi connectivity index (χ1n) is 6.18. The maximum absolute atomic E-state index is 8.99. The predicted molar refractivity (Wildman–Crippen MR) is 91.7 cm³/mol. The highest BCUT2D eigenvalue weighted by Gasteiger charge is 2.13. The summed E-state index contributed by atoms with van der Waals surface area (Å²) in [6.07, 6.45) is 1.96. The number of oxime groups is 1. The highest BCUT2D eigenvalue weighted by Crippen LogP contribution is 2.33. The summed E-state index contributed by atoms with van der Waals surface area (Å²) in [6.45, 7) is 0. The molecule has 0 radical (unpaired) electrons. The average molecular weight is 339 g/mol. The molecule has 0 aliphatic heterocycles. The molecule has 3 N–H and O–H groups in total. The highest BCUT2D eigenvalue weighted by molar-refractivity contribution is 7.99. The van der Waals surface area contributed by atoms with Crippen LogP contribution in [0.1, 0.15) is 11.1 Å². The molecule has 110 valence electrons. The summed E-state index contributed by atoms with van der Waals surface area (Å²) in [5.41, 5.74) is 7.65. The van der Waals surface area contributed by atoms with E-state index in [4.69, 9.17) is 22.5 Å². The molecule has 0 amide bonds. The van der Waals surface area contributed by atoms with E-state index in [0.29, 0.717) is 0 Å².